The van der Waals surface area contributed by atoms with Gasteiger partial charge in [-0.25, -0.2) is 4.79 Å². The molecular weight excluding hydrogens is 574 g/mol. The minimum absolute atomic E-state index is 0.0206. The highest BCUT2D eigenvalue weighted by Crippen LogP contribution is 2.51. The van der Waals surface area contributed by atoms with Crippen LogP contribution in [0.25, 0.3) is 0 Å². The van der Waals surface area contributed by atoms with Gasteiger partial charge in [0, 0.05) is 33.3 Å². The number of esters is 1. The van der Waals surface area contributed by atoms with E-state index in [1.54, 1.807) is 24.3 Å². The van der Waals surface area contributed by atoms with Crippen molar-refractivity contribution in [1.29, 1.82) is 5.26 Å². The highest BCUT2D eigenvalue weighted by molar-refractivity contribution is 9.10. The van der Waals surface area contributed by atoms with Crippen molar-refractivity contribution in [3.8, 4) is 6.07 Å². The van der Waals surface area contributed by atoms with E-state index >= 15 is 0 Å². The number of nitriles is 1. The Labute approximate surface area is 220 Å². The van der Waals surface area contributed by atoms with Gasteiger partial charge >= 0.3 is 5.97 Å². The highest BCUT2D eigenvalue weighted by atomic mass is 79.9. The molecule has 3 aromatic rings. The standard InChI is InChI=1S/C28H21Br2NO4/c29-21-10-6-19(7-11-21)24-14-25(32)23(27(34)35-16-18-4-2-1-3-5-18)15-28(24,17-31)26(33)20-8-12-22(30)13-9-20/h1-13,24,32H,14-16H2/t24-,28-/m0/s1. The molecule has 5 nitrogen and oxygen atoms in total. The van der Waals surface area contributed by atoms with E-state index in [9.17, 15) is 20.0 Å². The van der Waals surface area contributed by atoms with Crippen LogP contribution in [0, 0.1) is 16.7 Å². The normalized spacial score (nSPS) is 19.6. The molecule has 0 radical (unpaired) electrons. The van der Waals surface area contributed by atoms with E-state index in [-0.39, 0.29) is 30.8 Å². The minimum Gasteiger partial charge on any atom is -0.512 e. The molecule has 3 aromatic carbocycles. The number of carbonyl (C=O) groups excluding carboxylic acids is 2. The molecule has 0 saturated heterocycles. The summed E-state index contributed by atoms with van der Waals surface area (Å²) in [5.74, 6) is -1.95. The minimum atomic E-state index is -1.60. The fraction of sp³-hybridized carbons (Fsp3) is 0.179. The van der Waals surface area contributed by atoms with Crippen LogP contribution >= 0.6 is 31.9 Å². The maximum absolute atomic E-state index is 13.9. The average molecular weight is 595 g/mol. The zero-order chi connectivity index (χ0) is 25.0. The summed E-state index contributed by atoms with van der Waals surface area (Å²) in [5, 5.41) is 21.3. The lowest BCUT2D eigenvalue weighted by molar-refractivity contribution is -0.141. The lowest BCUT2D eigenvalue weighted by Crippen LogP contribution is -2.41. The molecule has 35 heavy (non-hydrogen) atoms. The van der Waals surface area contributed by atoms with Crippen LogP contribution in [-0.2, 0) is 16.1 Å². The zero-order valence-electron chi connectivity index (χ0n) is 18.6. The molecule has 0 heterocycles. The van der Waals surface area contributed by atoms with Gasteiger partial charge in [-0.2, -0.15) is 5.26 Å². The van der Waals surface area contributed by atoms with Crippen molar-refractivity contribution in [2.24, 2.45) is 5.41 Å². The van der Waals surface area contributed by atoms with Gasteiger partial charge in [0.2, 0.25) is 0 Å². The molecule has 0 aromatic heterocycles. The predicted octanol–water partition coefficient (Wildman–Crippen LogP) is 7.04. The van der Waals surface area contributed by atoms with Crippen LogP contribution in [0.4, 0.5) is 0 Å². The van der Waals surface area contributed by atoms with E-state index < -0.39 is 23.1 Å². The fourth-order valence-corrected chi connectivity index (χ4v) is 4.89. The molecule has 0 saturated carbocycles. The van der Waals surface area contributed by atoms with Crippen molar-refractivity contribution in [2.75, 3.05) is 0 Å². The molecular formula is C28H21Br2NO4. The Balaban J connectivity index is 1.73. The smallest absolute Gasteiger partial charge is 0.337 e. The van der Waals surface area contributed by atoms with Crippen molar-refractivity contribution in [3.63, 3.8) is 0 Å². The van der Waals surface area contributed by atoms with Crippen LogP contribution in [-0.4, -0.2) is 16.9 Å². The van der Waals surface area contributed by atoms with Crippen LogP contribution < -0.4 is 0 Å². The van der Waals surface area contributed by atoms with Gasteiger partial charge < -0.3 is 9.84 Å². The summed E-state index contributed by atoms with van der Waals surface area (Å²) in [4.78, 5) is 26.9. The molecule has 1 aliphatic carbocycles. The molecule has 2 atom stereocenters. The highest BCUT2D eigenvalue weighted by Gasteiger charge is 2.52. The molecule has 0 amide bonds. The largest absolute Gasteiger partial charge is 0.512 e. The number of Topliss-reactive ketones (excluding diaryl/α,β-unsaturated/α-hetero) is 1. The summed E-state index contributed by atoms with van der Waals surface area (Å²) < 4.78 is 7.10. The van der Waals surface area contributed by atoms with Crippen molar-refractivity contribution >= 4 is 43.6 Å². The first-order chi connectivity index (χ1) is 16.8. The zero-order valence-corrected chi connectivity index (χ0v) is 21.8. The number of ketones is 1. The van der Waals surface area contributed by atoms with E-state index in [1.807, 2.05) is 54.6 Å². The third-order valence-electron chi connectivity index (χ3n) is 6.24. The lowest BCUT2D eigenvalue weighted by atomic mass is 9.61. The van der Waals surface area contributed by atoms with Crippen LogP contribution in [0.2, 0.25) is 0 Å². The van der Waals surface area contributed by atoms with E-state index in [0.717, 1.165) is 20.1 Å². The summed E-state index contributed by atoms with van der Waals surface area (Å²) in [6.45, 7) is 0.0206. The second kappa shape index (κ2) is 10.6. The third kappa shape index (κ3) is 5.24. The maximum atomic E-state index is 13.9. The summed E-state index contributed by atoms with van der Waals surface area (Å²) in [6, 6.07) is 25.5. The Morgan fingerprint density at radius 1 is 0.971 bits per heavy atom. The third-order valence-corrected chi connectivity index (χ3v) is 7.30. The second-order valence-electron chi connectivity index (χ2n) is 8.39. The Hall–Kier alpha value is -3.21. The Kier molecular flexibility index (Phi) is 7.54. The number of rotatable bonds is 6. The van der Waals surface area contributed by atoms with Gasteiger partial charge in [-0.1, -0.05) is 86.5 Å². The van der Waals surface area contributed by atoms with E-state index in [2.05, 4.69) is 37.9 Å². The number of benzene rings is 3. The SMILES string of the molecule is N#C[C@@]1(C(=O)c2ccc(Br)cc2)CC(C(=O)OCc2ccccc2)=C(O)C[C@H]1c1ccc(Br)cc1. The number of hydrogen-bond acceptors (Lipinski definition) is 5. The Bertz CT molecular complexity index is 1310. The van der Waals surface area contributed by atoms with Crippen molar-refractivity contribution < 1.29 is 19.4 Å². The molecule has 176 valence electrons. The number of carbonyl (C=O) groups is 2. The quantitative estimate of drug-likeness (QED) is 0.244. The number of halogens is 2. The van der Waals surface area contributed by atoms with Crippen molar-refractivity contribution in [2.45, 2.75) is 25.4 Å². The van der Waals surface area contributed by atoms with Gasteiger partial charge in [0.1, 0.15) is 17.8 Å². The molecule has 0 fully saturated rings. The van der Waals surface area contributed by atoms with Crippen LogP contribution in [0.15, 0.2) is 99.1 Å². The van der Waals surface area contributed by atoms with Gasteiger partial charge in [-0.3, -0.25) is 4.79 Å². The molecule has 1 aliphatic rings. The second-order valence-corrected chi connectivity index (χ2v) is 10.2. The van der Waals surface area contributed by atoms with Crippen molar-refractivity contribution in [1.82, 2.24) is 0 Å². The summed E-state index contributed by atoms with van der Waals surface area (Å²) in [6.07, 6.45) is -0.286. The number of ether oxygens (including phenoxy) is 1. The van der Waals surface area contributed by atoms with E-state index in [4.69, 9.17) is 4.74 Å². The molecule has 0 spiro atoms. The number of nitrogens with zero attached hydrogens (tertiary/aromatic N) is 1. The predicted molar refractivity (Wildman–Crippen MR) is 139 cm³/mol. The van der Waals surface area contributed by atoms with Gasteiger partial charge in [0.25, 0.3) is 0 Å². The Morgan fingerprint density at radius 2 is 1.57 bits per heavy atom. The van der Waals surface area contributed by atoms with Gasteiger partial charge in [0.15, 0.2) is 5.78 Å². The molecule has 0 unspecified atom stereocenters. The molecule has 1 N–H and O–H groups in total. The topological polar surface area (TPSA) is 87.4 Å². The first kappa shape index (κ1) is 24.9. The Morgan fingerprint density at radius 3 is 2.17 bits per heavy atom. The maximum Gasteiger partial charge on any atom is 0.337 e. The first-order valence-corrected chi connectivity index (χ1v) is 12.5. The molecule has 7 heteroatoms. The van der Waals surface area contributed by atoms with Crippen LogP contribution in [0.1, 0.15) is 40.2 Å². The van der Waals surface area contributed by atoms with Gasteiger partial charge in [-0.05, 0) is 35.4 Å². The van der Waals surface area contributed by atoms with Gasteiger partial charge in [-0.15, -0.1) is 0 Å². The molecule has 4 rings (SSSR count). The number of aliphatic hydroxyl groups is 1. The lowest BCUT2D eigenvalue weighted by Gasteiger charge is -2.38. The van der Waals surface area contributed by atoms with Crippen LogP contribution in [0.3, 0.4) is 0 Å². The molecule has 0 bridgehead atoms. The molecule has 0 aliphatic heterocycles. The van der Waals surface area contributed by atoms with E-state index in [1.165, 1.54) is 0 Å². The monoisotopic (exact) mass is 593 g/mol. The summed E-state index contributed by atoms with van der Waals surface area (Å²) >= 11 is 6.78. The van der Waals surface area contributed by atoms with Crippen LogP contribution in [0.5, 0.6) is 0 Å². The average Bonchev–Trinajstić information content (AvgIpc) is 2.88. The first-order valence-electron chi connectivity index (χ1n) is 10.9. The summed E-state index contributed by atoms with van der Waals surface area (Å²) in [7, 11) is 0. The number of allylic oxidation sites excluding steroid dienone is 1. The fourth-order valence-electron chi connectivity index (χ4n) is 4.36. The number of hydrogen-bond donors (Lipinski definition) is 1. The van der Waals surface area contributed by atoms with Crippen molar-refractivity contribution in [3.05, 3.63) is 116 Å². The van der Waals surface area contributed by atoms with E-state index in [0.29, 0.717) is 5.56 Å². The number of aliphatic hydroxyl groups excluding tert-OH is 1. The summed E-state index contributed by atoms with van der Waals surface area (Å²) in [5.41, 5.74) is 0.233. The van der Waals surface area contributed by atoms with Gasteiger partial charge in [0.05, 0.1) is 11.6 Å².